The van der Waals surface area contributed by atoms with Crippen molar-refractivity contribution in [1.29, 1.82) is 0 Å². The molecule has 1 aromatic heterocycles. The lowest BCUT2D eigenvalue weighted by molar-refractivity contribution is 1.40. The van der Waals surface area contributed by atoms with Gasteiger partial charge in [-0.1, -0.05) is 6.07 Å². The summed E-state index contributed by atoms with van der Waals surface area (Å²) in [4.78, 5) is 3.08. The number of hydrogen-bond donors (Lipinski definition) is 1. The van der Waals surface area contributed by atoms with Gasteiger partial charge in [0, 0.05) is 10.9 Å². The second kappa shape index (κ2) is 2.12. The van der Waals surface area contributed by atoms with E-state index in [1.54, 1.807) is 0 Å². The molecule has 1 radical (unpaired) electrons. The molecule has 1 heterocycles. The quantitative estimate of drug-likeness (QED) is 0.585. The Balaban J connectivity index is 2.91. The van der Waals surface area contributed by atoms with E-state index in [0.717, 1.165) is 0 Å². The first-order chi connectivity index (χ1) is 5.27. The maximum Gasteiger partial charge on any atom is 0.0630 e. The van der Waals surface area contributed by atoms with Gasteiger partial charge in [0.05, 0.1) is 6.20 Å². The van der Waals surface area contributed by atoms with E-state index in [4.69, 9.17) is 0 Å². The van der Waals surface area contributed by atoms with Gasteiger partial charge in [0.15, 0.2) is 0 Å². The predicted molar refractivity (Wildman–Crippen MR) is 46.6 cm³/mol. The third-order valence-electron chi connectivity index (χ3n) is 1.95. The highest BCUT2D eigenvalue weighted by Crippen LogP contribution is 2.18. The highest BCUT2D eigenvalue weighted by atomic mass is 14.7. The average molecular weight is 144 g/mol. The Kier molecular flexibility index (Phi) is 1.25. The summed E-state index contributed by atoms with van der Waals surface area (Å²) in [5, 5.41) is 1.27. The molecular weight excluding hydrogens is 134 g/mol. The molecule has 0 spiro atoms. The monoisotopic (exact) mass is 144 g/mol. The fourth-order valence-corrected chi connectivity index (χ4v) is 1.46. The number of H-pyrrole nitrogens is 1. The Morgan fingerprint density at radius 3 is 2.91 bits per heavy atom. The van der Waals surface area contributed by atoms with Crippen LogP contribution in [0.5, 0.6) is 0 Å². The Labute approximate surface area is 66.1 Å². The highest BCUT2D eigenvalue weighted by Gasteiger charge is 1.97. The molecule has 0 unspecified atom stereocenters. The van der Waals surface area contributed by atoms with Gasteiger partial charge < -0.3 is 4.98 Å². The maximum atomic E-state index is 3.08. The van der Waals surface area contributed by atoms with Crippen LogP contribution in [0.15, 0.2) is 18.2 Å². The number of aromatic nitrogens is 1. The largest absolute Gasteiger partial charge is 0.353 e. The lowest BCUT2D eigenvalue weighted by Crippen LogP contribution is -1.77. The van der Waals surface area contributed by atoms with Crippen LogP contribution in [0.25, 0.3) is 10.9 Å². The van der Waals surface area contributed by atoms with E-state index in [9.17, 15) is 0 Å². The van der Waals surface area contributed by atoms with E-state index in [1.165, 1.54) is 22.0 Å². The first-order valence-corrected chi connectivity index (χ1v) is 3.73. The van der Waals surface area contributed by atoms with Crippen molar-refractivity contribution in [3.8, 4) is 0 Å². The normalized spacial score (nSPS) is 10.7. The molecule has 2 rings (SSSR count). The third-order valence-corrected chi connectivity index (χ3v) is 1.95. The second-order valence-electron chi connectivity index (χ2n) is 2.96. The average Bonchev–Trinajstić information content (AvgIpc) is 2.34. The van der Waals surface area contributed by atoms with Gasteiger partial charge in [0.1, 0.15) is 0 Å². The van der Waals surface area contributed by atoms with Gasteiger partial charge in [-0.2, -0.15) is 0 Å². The zero-order valence-corrected chi connectivity index (χ0v) is 6.73. The van der Waals surface area contributed by atoms with Crippen molar-refractivity contribution in [2.24, 2.45) is 0 Å². The van der Waals surface area contributed by atoms with Crippen molar-refractivity contribution in [1.82, 2.24) is 4.98 Å². The van der Waals surface area contributed by atoms with Crippen LogP contribution in [0, 0.1) is 20.0 Å². The smallest absolute Gasteiger partial charge is 0.0630 e. The summed E-state index contributed by atoms with van der Waals surface area (Å²) in [5.74, 6) is 0. The Hall–Kier alpha value is -1.24. The van der Waals surface area contributed by atoms with Crippen molar-refractivity contribution in [3.05, 3.63) is 35.5 Å². The number of rotatable bonds is 0. The number of hydrogen-bond acceptors (Lipinski definition) is 0. The molecule has 0 saturated carbocycles. The molecule has 1 heteroatoms. The number of aryl methyl sites for hydroxylation is 2. The van der Waals surface area contributed by atoms with Gasteiger partial charge in [-0.05, 0) is 37.1 Å². The van der Waals surface area contributed by atoms with Crippen LogP contribution in [0.2, 0.25) is 0 Å². The third kappa shape index (κ3) is 0.929. The molecule has 1 aromatic carbocycles. The summed E-state index contributed by atoms with van der Waals surface area (Å²) < 4.78 is 0. The summed E-state index contributed by atoms with van der Waals surface area (Å²) in [6.07, 6.45) is 2.98. The van der Waals surface area contributed by atoms with Gasteiger partial charge >= 0.3 is 0 Å². The summed E-state index contributed by atoms with van der Waals surface area (Å²) in [6.45, 7) is 4.23. The van der Waals surface area contributed by atoms with Crippen molar-refractivity contribution in [2.45, 2.75) is 13.8 Å². The summed E-state index contributed by atoms with van der Waals surface area (Å²) >= 11 is 0. The standard InChI is InChI=1S/C10H10N/c1-7-5-8(2)9-3-4-11-10(9)6-7/h3,5-6,11H,1-2H3. The van der Waals surface area contributed by atoms with Gasteiger partial charge in [0.2, 0.25) is 0 Å². The zero-order valence-electron chi connectivity index (χ0n) is 6.73. The maximum absolute atomic E-state index is 3.08. The van der Waals surface area contributed by atoms with Crippen LogP contribution in [0.1, 0.15) is 11.1 Å². The van der Waals surface area contributed by atoms with Crippen LogP contribution >= 0.6 is 0 Å². The predicted octanol–water partition coefficient (Wildman–Crippen LogP) is 2.58. The number of benzene rings is 1. The second-order valence-corrected chi connectivity index (χ2v) is 2.96. The molecule has 0 saturated heterocycles. The Morgan fingerprint density at radius 1 is 1.27 bits per heavy atom. The van der Waals surface area contributed by atoms with Gasteiger partial charge in [-0.3, -0.25) is 0 Å². The van der Waals surface area contributed by atoms with E-state index in [1.807, 2.05) is 6.07 Å². The number of nitrogens with one attached hydrogen (secondary N) is 1. The fourth-order valence-electron chi connectivity index (χ4n) is 1.46. The van der Waals surface area contributed by atoms with Gasteiger partial charge in [-0.25, -0.2) is 0 Å². The molecule has 0 aliphatic carbocycles. The van der Waals surface area contributed by atoms with E-state index in [-0.39, 0.29) is 0 Å². The molecule has 11 heavy (non-hydrogen) atoms. The number of aromatic amines is 1. The van der Waals surface area contributed by atoms with Gasteiger partial charge in [-0.15, -0.1) is 0 Å². The molecule has 1 N–H and O–H groups in total. The summed E-state index contributed by atoms with van der Waals surface area (Å²) in [5.41, 5.74) is 3.80. The molecule has 0 aliphatic rings. The minimum atomic E-state index is 1.18. The Morgan fingerprint density at radius 2 is 2.09 bits per heavy atom. The van der Waals surface area contributed by atoms with Crippen molar-refractivity contribution in [3.63, 3.8) is 0 Å². The minimum absolute atomic E-state index is 1.18. The van der Waals surface area contributed by atoms with Gasteiger partial charge in [0.25, 0.3) is 0 Å². The topological polar surface area (TPSA) is 15.8 Å². The van der Waals surface area contributed by atoms with E-state index < -0.39 is 0 Å². The molecule has 55 valence electrons. The first-order valence-electron chi connectivity index (χ1n) is 3.73. The molecule has 2 aromatic rings. The highest BCUT2D eigenvalue weighted by molar-refractivity contribution is 5.83. The molecule has 0 bridgehead atoms. The van der Waals surface area contributed by atoms with Crippen LogP contribution in [0.3, 0.4) is 0 Å². The van der Waals surface area contributed by atoms with Crippen molar-refractivity contribution >= 4 is 10.9 Å². The van der Waals surface area contributed by atoms with Crippen LogP contribution in [-0.4, -0.2) is 4.98 Å². The van der Waals surface area contributed by atoms with Crippen LogP contribution in [0.4, 0.5) is 0 Å². The summed E-state index contributed by atoms with van der Waals surface area (Å²) in [7, 11) is 0. The van der Waals surface area contributed by atoms with Crippen LogP contribution in [-0.2, 0) is 0 Å². The van der Waals surface area contributed by atoms with E-state index in [0.29, 0.717) is 0 Å². The lowest BCUT2D eigenvalue weighted by atomic mass is 10.1. The van der Waals surface area contributed by atoms with Crippen molar-refractivity contribution < 1.29 is 0 Å². The number of fused-ring (bicyclic) bond motifs is 1. The lowest BCUT2D eigenvalue weighted by Gasteiger charge is -1.97. The minimum Gasteiger partial charge on any atom is -0.353 e. The fraction of sp³-hybridized carbons (Fsp3) is 0.200. The SMILES string of the molecule is Cc1cc(C)c2c[c][nH]c2c1. The zero-order chi connectivity index (χ0) is 7.84. The molecule has 0 atom stereocenters. The molecular formula is C10H10N. The molecule has 1 nitrogen and oxygen atoms in total. The molecule has 0 aliphatic heterocycles. The molecule has 0 fully saturated rings. The van der Waals surface area contributed by atoms with Crippen LogP contribution < -0.4 is 0 Å². The van der Waals surface area contributed by atoms with Crippen molar-refractivity contribution in [2.75, 3.05) is 0 Å². The van der Waals surface area contributed by atoms with E-state index >= 15 is 0 Å². The van der Waals surface area contributed by atoms with E-state index in [2.05, 4.69) is 37.2 Å². The molecule has 0 amide bonds. The first kappa shape index (κ1) is 6.47. The Bertz CT molecular complexity index is 385. The summed E-state index contributed by atoms with van der Waals surface area (Å²) in [6, 6.07) is 6.31.